The lowest BCUT2D eigenvalue weighted by Gasteiger charge is -2.48. The zero-order valence-corrected chi connectivity index (χ0v) is 33.6. The molecule has 0 bridgehead atoms. The van der Waals surface area contributed by atoms with Crippen LogP contribution in [0.5, 0.6) is 0 Å². The average molecular weight is 786 g/mol. The van der Waals surface area contributed by atoms with Crippen molar-refractivity contribution >= 4 is 54.5 Å². The summed E-state index contributed by atoms with van der Waals surface area (Å²) >= 11 is 0. The number of hydrogen-bond donors (Lipinski definition) is 0. The van der Waals surface area contributed by atoms with Crippen LogP contribution in [0.15, 0.2) is 217 Å². The van der Waals surface area contributed by atoms with Crippen molar-refractivity contribution in [2.24, 2.45) is 0 Å². The van der Waals surface area contributed by atoms with Crippen LogP contribution in [0, 0.1) is 0 Å². The number of para-hydroxylation sites is 1. The second kappa shape index (κ2) is 11.5. The minimum atomic E-state index is -0.584. The third-order valence-corrected chi connectivity index (χ3v) is 14.9. The van der Waals surface area contributed by atoms with Gasteiger partial charge in [-0.05, 0) is 90.8 Å². The van der Waals surface area contributed by atoms with Crippen molar-refractivity contribution in [1.29, 1.82) is 0 Å². The number of rotatable bonds is 1. The van der Waals surface area contributed by atoms with Crippen LogP contribution < -0.4 is 0 Å². The molecule has 15 rings (SSSR count). The van der Waals surface area contributed by atoms with Crippen LogP contribution in [0.3, 0.4) is 0 Å². The average Bonchev–Trinajstić information content (AvgIpc) is 4.06. The molecule has 0 atom stereocenters. The van der Waals surface area contributed by atoms with Crippen molar-refractivity contribution in [3.63, 3.8) is 0 Å². The molecule has 3 aliphatic carbocycles. The lowest BCUT2D eigenvalue weighted by atomic mass is 9.52. The molecule has 2 aromatic heterocycles. The third kappa shape index (κ3) is 3.68. The van der Waals surface area contributed by atoms with Gasteiger partial charge in [-0.15, -0.1) is 0 Å². The van der Waals surface area contributed by atoms with Crippen molar-refractivity contribution in [3.8, 4) is 27.9 Å². The standard InChI is InChI=1S/C60H35NO/c1-2-16-38-36(15-1)29-31-42-43-32-33-53-56(58(43)61(57(38)42)37-30-34-55-45(35-37)41-19-6-14-28-54(41)62-55)44-20-5-9-23-48(44)60(53)51-26-12-10-24-49(51)59(50-25-11-13-27-52(50)60)46-21-7-3-17-39(46)40-18-4-8-22-47(40)59/h1-35H. The first-order valence-electron chi connectivity index (χ1n) is 21.7. The maximum atomic E-state index is 6.41. The van der Waals surface area contributed by atoms with Crippen molar-refractivity contribution in [3.05, 3.63) is 257 Å². The Balaban J connectivity index is 1.13. The number of nitrogens with zero attached hydrogens (tertiary/aromatic N) is 1. The van der Waals surface area contributed by atoms with Gasteiger partial charge in [0.1, 0.15) is 11.2 Å². The Hall–Kier alpha value is -7.94. The monoisotopic (exact) mass is 785 g/mol. The van der Waals surface area contributed by atoms with Crippen LogP contribution in [0.2, 0.25) is 0 Å². The Kier molecular flexibility index (Phi) is 6.07. The molecule has 2 heteroatoms. The highest BCUT2D eigenvalue weighted by molar-refractivity contribution is 6.22. The van der Waals surface area contributed by atoms with Gasteiger partial charge in [-0.1, -0.05) is 188 Å². The van der Waals surface area contributed by atoms with Gasteiger partial charge in [0.25, 0.3) is 0 Å². The van der Waals surface area contributed by atoms with E-state index in [9.17, 15) is 0 Å². The SMILES string of the molecule is c1ccc2c(c1)-c1ccccc1C21c2ccccc2C2(c3ccccc3-c3c2ccc2c4ccc5ccccc5c4n(-c4ccc5oc6ccccc6c5c4)c32)c2ccccc21. The van der Waals surface area contributed by atoms with E-state index in [4.69, 9.17) is 4.42 Å². The Morgan fingerprint density at radius 3 is 1.47 bits per heavy atom. The van der Waals surface area contributed by atoms with E-state index in [0.29, 0.717) is 0 Å². The minimum absolute atomic E-state index is 0.482. The summed E-state index contributed by atoms with van der Waals surface area (Å²) in [4.78, 5) is 0. The molecule has 0 amide bonds. The molecule has 62 heavy (non-hydrogen) atoms. The summed E-state index contributed by atoms with van der Waals surface area (Å²) < 4.78 is 8.98. The molecule has 3 aliphatic rings. The van der Waals surface area contributed by atoms with Crippen molar-refractivity contribution in [1.82, 2.24) is 4.57 Å². The number of hydrogen-bond acceptors (Lipinski definition) is 1. The Bertz CT molecular complexity index is 3860. The van der Waals surface area contributed by atoms with Crippen molar-refractivity contribution in [2.45, 2.75) is 10.8 Å². The Morgan fingerprint density at radius 2 is 0.790 bits per heavy atom. The molecule has 0 saturated heterocycles. The molecule has 0 aliphatic heterocycles. The highest BCUT2D eigenvalue weighted by Gasteiger charge is 2.59. The zero-order chi connectivity index (χ0) is 40.3. The molecular formula is C60H35NO. The van der Waals surface area contributed by atoms with Gasteiger partial charge in [0.05, 0.1) is 21.9 Å². The van der Waals surface area contributed by atoms with E-state index < -0.39 is 10.8 Å². The summed E-state index contributed by atoms with van der Waals surface area (Å²) in [6.07, 6.45) is 0. The van der Waals surface area contributed by atoms with E-state index in [0.717, 1.165) is 27.6 Å². The summed E-state index contributed by atoms with van der Waals surface area (Å²) in [6.45, 7) is 0. The maximum Gasteiger partial charge on any atom is 0.135 e. The minimum Gasteiger partial charge on any atom is -0.456 e. The summed E-state index contributed by atoms with van der Waals surface area (Å²) in [6, 6.07) is 79.9. The first-order valence-corrected chi connectivity index (χ1v) is 21.7. The first kappa shape index (κ1) is 32.9. The van der Waals surface area contributed by atoms with Gasteiger partial charge in [0.15, 0.2) is 0 Å². The molecular weight excluding hydrogens is 751 g/mol. The second-order valence-electron chi connectivity index (χ2n) is 17.4. The largest absolute Gasteiger partial charge is 0.456 e. The van der Waals surface area contributed by atoms with E-state index >= 15 is 0 Å². The van der Waals surface area contributed by atoms with Gasteiger partial charge in [0, 0.05) is 38.2 Å². The normalized spacial score (nSPS) is 14.7. The number of aromatic nitrogens is 1. The molecule has 2 heterocycles. The number of fused-ring (bicyclic) bond motifs is 25. The first-order chi connectivity index (χ1) is 30.8. The van der Waals surface area contributed by atoms with Gasteiger partial charge < -0.3 is 8.98 Å². The fourth-order valence-corrected chi connectivity index (χ4v) is 12.7. The molecule has 2 spiro atoms. The van der Waals surface area contributed by atoms with Crippen LogP contribution in [-0.4, -0.2) is 4.57 Å². The van der Waals surface area contributed by atoms with Crippen LogP contribution >= 0.6 is 0 Å². The fourth-order valence-electron chi connectivity index (χ4n) is 12.7. The summed E-state index contributed by atoms with van der Waals surface area (Å²) in [5.74, 6) is 0. The van der Waals surface area contributed by atoms with Crippen LogP contribution in [0.4, 0.5) is 0 Å². The Labute approximate surface area is 357 Å². The maximum absolute atomic E-state index is 6.41. The molecule has 0 radical (unpaired) electrons. The molecule has 2 nitrogen and oxygen atoms in total. The molecule has 10 aromatic carbocycles. The molecule has 12 aromatic rings. The summed E-state index contributed by atoms with van der Waals surface area (Å²) in [5, 5.41) is 7.21. The van der Waals surface area contributed by atoms with Crippen LogP contribution in [0.1, 0.15) is 44.5 Å². The van der Waals surface area contributed by atoms with Gasteiger partial charge in [-0.3, -0.25) is 0 Å². The molecule has 286 valence electrons. The third-order valence-electron chi connectivity index (χ3n) is 14.9. The quantitative estimate of drug-likeness (QED) is 0.162. The molecule has 0 N–H and O–H groups in total. The number of furan rings is 1. The fraction of sp³-hybridized carbons (Fsp3) is 0.0333. The van der Waals surface area contributed by atoms with Gasteiger partial charge in [0.2, 0.25) is 0 Å². The van der Waals surface area contributed by atoms with E-state index in [1.807, 2.05) is 0 Å². The van der Waals surface area contributed by atoms with Crippen LogP contribution in [-0.2, 0) is 10.8 Å². The van der Waals surface area contributed by atoms with E-state index in [1.54, 1.807) is 0 Å². The van der Waals surface area contributed by atoms with E-state index in [2.05, 4.69) is 217 Å². The predicted octanol–water partition coefficient (Wildman–Crippen LogP) is 14.9. The van der Waals surface area contributed by atoms with Crippen LogP contribution in [0.25, 0.3) is 82.5 Å². The zero-order valence-electron chi connectivity index (χ0n) is 33.6. The topological polar surface area (TPSA) is 18.1 Å². The lowest BCUT2D eigenvalue weighted by Crippen LogP contribution is -2.43. The summed E-state index contributed by atoms with van der Waals surface area (Å²) in [7, 11) is 0. The molecule has 0 unspecified atom stereocenters. The Morgan fingerprint density at radius 1 is 0.306 bits per heavy atom. The van der Waals surface area contributed by atoms with E-state index in [1.165, 1.54) is 99.3 Å². The summed E-state index contributed by atoms with van der Waals surface area (Å²) in [5.41, 5.74) is 20.3. The number of benzene rings is 10. The van der Waals surface area contributed by atoms with E-state index in [-0.39, 0.29) is 0 Å². The van der Waals surface area contributed by atoms with Gasteiger partial charge >= 0.3 is 0 Å². The van der Waals surface area contributed by atoms with Crippen molar-refractivity contribution in [2.75, 3.05) is 0 Å². The molecule has 0 saturated carbocycles. The molecule has 0 fully saturated rings. The highest BCUT2D eigenvalue weighted by Crippen LogP contribution is 2.68. The smallest absolute Gasteiger partial charge is 0.135 e. The van der Waals surface area contributed by atoms with Gasteiger partial charge in [-0.25, -0.2) is 0 Å². The lowest BCUT2D eigenvalue weighted by molar-refractivity contribution is 0.633. The second-order valence-corrected chi connectivity index (χ2v) is 17.4. The van der Waals surface area contributed by atoms with Gasteiger partial charge in [-0.2, -0.15) is 0 Å². The highest BCUT2D eigenvalue weighted by atomic mass is 16.3. The predicted molar refractivity (Wildman–Crippen MR) is 254 cm³/mol. The van der Waals surface area contributed by atoms with Crippen molar-refractivity contribution < 1.29 is 4.42 Å².